The van der Waals surface area contributed by atoms with Crippen molar-refractivity contribution in [3.63, 3.8) is 0 Å². The molecule has 1 aliphatic heterocycles. The van der Waals surface area contributed by atoms with Crippen LogP contribution in [0.3, 0.4) is 0 Å². The molecule has 2 aliphatic rings. The Kier molecular flexibility index (Phi) is 2.42. The molecule has 0 bridgehead atoms. The van der Waals surface area contributed by atoms with Gasteiger partial charge in [-0.2, -0.15) is 0 Å². The molecule has 1 atom stereocenters. The van der Waals surface area contributed by atoms with Gasteiger partial charge in [0.1, 0.15) is 0 Å². The quantitative estimate of drug-likeness (QED) is 0.715. The topological polar surface area (TPSA) is 63.2 Å². The highest BCUT2D eigenvalue weighted by Gasteiger charge is 2.49. The second kappa shape index (κ2) is 3.88. The number of fused-ring (bicyclic) bond motifs is 2. The first-order valence-corrected chi connectivity index (χ1v) is 6.18. The Morgan fingerprint density at radius 3 is 2.58 bits per heavy atom. The fourth-order valence-corrected chi connectivity index (χ4v) is 3.07. The molecule has 1 aromatic carbocycles. The van der Waals surface area contributed by atoms with Crippen molar-refractivity contribution in [1.29, 1.82) is 0 Å². The van der Waals surface area contributed by atoms with Gasteiger partial charge in [-0.25, -0.2) is 0 Å². The van der Waals surface area contributed by atoms with Crippen molar-refractivity contribution >= 4 is 17.6 Å². The van der Waals surface area contributed by atoms with Crippen LogP contribution in [0.15, 0.2) is 35.9 Å². The van der Waals surface area contributed by atoms with Crippen LogP contribution in [0.5, 0.6) is 0 Å². The molecule has 3 rings (SSSR count). The van der Waals surface area contributed by atoms with E-state index in [4.69, 9.17) is 0 Å². The van der Waals surface area contributed by atoms with Gasteiger partial charge in [0.05, 0.1) is 5.41 Å². The molecule has 2 amide bonds. The molecule has 0 saturated carbocycles. The first kappa shape index (κ1) is 11.8. The molecule has 0 aromatic heterocycles. The molecule has 4 heteroatoms. The lowest BCUT2D eigenvalue weighted by atomic mass is 9.66. The third-order valence-corrected chi connectivity index (χ3v) is 3.81. The molecule has 96 valence electrons. The van der Waals surface area contributed by atoms with Crippen LogP contribution < -0.4 is 5.32 Å². The number of carbonyl (C=O) groups excluding carboxylic acids is 3. The first-order chi connectivity index (χ1) is 9.03. The van der Waals surface area contributed by atoms with Gasteiger partial charge in [0, 0.05) is 12.0 Å². The minimum absolute atomic E-state index is 0.0666. The van der Waals surface area contributed by atoms with Crippen molar-refractivity contribution in [3.05, 3.63) is 47.0 Å². The normalized spacial score (nSPS) is 25.9. The maximum Gasteiger partial charge on any atom is 0.258 e. The van der Waals surface area contributed by atoms with Crippen molar-refractivity contribution in [2.75, 3.05) is 0 Å². The number of hydrogen-bond donors (Lipinski definition) is 1. The standard InChI is InChI=1S/C15H13NO3/c1-9-6-10(17)8-15(7-9)12-5-3-2-4-11(12)13(18)16-14(15)19/h2-6H,7-8H2,1H3,(H,16,18,19). The molecular weight excluding hydrogens is 242 g/mol. The molecule has 1 spiro atoms. The number of benzene rings is 1. The smallest absolute Gasteiger partial charge is 0.258 e. The summed E-state index contributed by atoms with van der Waals surface area (Å²) in [5, 5.41) is 2.38. The average Bonchev–Trinajstić information content (AvgIpc) is 2.36. The fraction of sp³-hybridized carbons (Fsp3) is 0.267. The van der Waals surface area contributed by atoms with Gasteiger partial charge in [-0.1, -0.05) is 23.8 Å². The third-order valence-electron chi connectivity index (χ3n) is 3.81. The van der Waals surface area contributed by atoms with Crippen molar-refractivity contribution in [2.45, 2.75) is 25.2 Å². The number of imide groups is 1. The number of nitrogens with one attached hydrogen (secondary N) is 1. The monoisotopic (exact) mass is 255 g/mol. The number of allylic oxidation sites excluding steroid dienone is 2. The first-order valence-electron chi connectivity index (χ1n) is 6.18. The number of ketones is 1. The van der Waals surface area contributed by atoms with Crippen LogP contribution in [0.4, 0.5) is 0 Å². The van der Waals surface area contributed by atoms with E-state index in [1.807, 2.05) is 6.92 Å². The van der Waals surface area contributed by atoms with E-state index in [1.54, 1.807) is 30.3 Å². The second-order valence-corrected chi connectivity index (χ2v) is 5.22. The molecular formula is C15H13NO3. The molecule has 0 radical (unpaired) electrons. The Balaban J connectivity index is 2.24. The average molecular weight is 255 g/mol. The largest absolute Gasteiger partial charge is 0.295 e. The van der Waals surface area contributed by atoms with Gasteiger partial charge in [-0.05, 0) is 31.1 Å². The molecule has 19 heavy (non-hydrogen) atoms. The van der Waals surface area contributed by atoms with E-state index in [9.17, 15) is 14.4 Å². The van der Waals surface area contributed by atoms with Gasteiger partial charge < -0.3 is 0 Å². The van der Waals surface area contributed by atoms with Crippen LogP contribution >= 0.6 is 0 Å². The highest BCUT2D eigenvalue weighted by atomic mass is 16.2. The van der Waals surface area contributed by atoms with E-state index < -0.39 is 5.41 Å². The van der Waals surface area contributed by atoms with Crippen molar-refractivity contribution in [2.24, 2.45) is 0 Å². The summed E-state index contributed by atoms with van der Waals surface area (Å²) in [6.45, 7) is 1.84. The van der Waals surface area contributed by atoms with Crippen LogP contribution in [0, 0.1) is 0 Å². The minimum Gasteiger partial charge on any atom is -0.295 e. The predicted molar refractivity (Wildman–Crippen MR) is 68.6 cm³/mol. The lowest BCUT2D eigenvalue weighted by Gasteiger charge is -2.38. The number of hydrogen-bond acceptors (Lipinski definition) is 3. The summed E-state index contributed by atoms with van der Waals surface area (Å²) in [6.07, 6.45) is 2.19. The summed E-state index contributed by atoms with van der Waals surface area (Å²) in [4.78, 5) is 36.0. The summed E-state index contributed by atoms with van der Waals surface area (Å²) in [6, 6.07) is 7.02. The van der Waals surface area contributed by atoms with Gasteiger partial charge in [0.15, 0.2) is 5.78 Å². The fourth-order valence-electron chi connectivity index (χ4n) is 3.07. The van der Waals surface area contributed by atoms with Crippen LogP contribution in [0.1, 0.15) is 35.7 Å². The summed E-state index contributed by atoms with van der Waals surface area (Å²) in [7, 11) is 0. The van der Waals surface area contributed by atoms with E-state index in [0.717, 1.165) is 5.57 Å². The maximum atomic E-state index is 12.3. The Morgan fingerprint density at radius 1 is 1.11 bits per heavy atom. The zero-order valence-electron chi connectivity index (χ0n) is 10.5. The second-order valence-electron chi connectivity index (χ2n) is 5.22. The van der Waals surface area contributed by atoms with Crippen LogP contribution in [-0.4, -0.2) is 17.6 Å². The summed E-state index contributed by atoms with van der Waals surface area (Å²) < 4.78 is 0. The summed E-state index contributed by atoms with van der Waals surface area (Å²) >= 11 is 0. The molecule has 1 unspecified atom stereocenters. The lowest BCUT2D eigenvalue weighted by Crippen LogP contribution is -2.53. The lowest BCUT2D eigenvalue weighted by molar-refractivity contribution is -0.130. The SMILES string of the molecule is CC1=CC(=O)CC2(C1)C(=O)NC(=O)c1ccccc12. The van der Waals surface area contributed by atoms with Gasteiger partial charge in [0.25, 0.3) is 5.91 Å². The maximum absolute atomic E-state index is 12.3. The van der Waals surface area contributed by atoms with Gasteiger partial charge in [-0.3, -0.25) is 19.7 Å². The minimum atomic E-state index is -0.916. The molecule has 1 aromatic rings. The Bertz CT molecular complexity index is 645. The van der Waals surface area contributed by atoms with Crippen molar-refractivity contribution in [3.8, 4) is 0 Å². The Labute approximate surface area is 110 Å². The number of amides is 2. The van der Waals surface area contributed by atoms with Gasteiger partial charge >= 0.3 is 0 Å². The Hall–Kier alpha value is -2.23. The molecule has 1 aliphatic carbocycles. The zero-order chi connectivity index (χ0) is 13.6. The highest BCUT2D eigenvalue weighted by Crippen LogP contribution is 2.41. The van der Waals surface area contributed by atoms with Crippen LogP contribution in [0.2, 0.25) is 0 Å². The molecule has 4 nitrogen and oxygen atoms in total. The van der Waals surface area contributed by atoms with E-state index in [-0.39, 0.29) is 24.0 Å². The van der Waals surface area contributed by atoms with Gasteiger partial charge in [0.2, 0.25) is 5.91 Å². The van der Waals surface area contributed by atoms with E-state index >= 15 is 0 Å². The summed E-state index contributed by atoms with van der Waals surface area (Å²) in [5.41, 5.74) is 1.12. The van der Waals surface area contributed by atoms with Crippen molar-refractivity contribution in [1.82, 2.24) is 5.32 Å². The Morgan fingerprint density at radius 2 is 1.84 bits per heavy atom. The van der Waals surface area contributed by atoms with E-state index in [2.05, 4.69) is 5.32 Å². The predicted octanol–water partition coefficient (Wildman–Crippen LogP) is 1.50. The van der Waals surface area contributed by atoms with Crippen LogP contribution in [0.25, 0.3) is 0 Å². The molecule has 1 heterocycles. The third kappa shape index (κ3) is 1.63. The zero-order valence-corrected chi connectivity index (χ0v) is 10.5. The van der Waals surface area contributed by atoms with Crippen molar-refractivity contribution < 1.29 is 14.4 Å². The summed E-state index contributed by atoms with van der Waals surface area (Å²) in [5.74, 6) is -0.814. The van der Waals surface area contributed by atoms with E-state index in [0.29, 0.717) is 17.5 Å². The molecule has 0 fully saturated rings. The number of rotatable bonds is 0. The van der Waals surface area contributed by atoms with Gasteiger partial charge in [-0.15, -0.1) is 0 Å². The molecule has 0 saturated heterocycles. The van der Waals surface area contributed by atoms with Crippen LogP contribution in [-0.2, 0) is 15.0 Å². The van der Waals surface area contributed by atoms with E-state index in [1.165, 1.54) is 0 Å². The molecule has 1 N–H and O–H groups in total. The number of carbonyl (C=O) groups is 3. The highest BCUT2D eigenvalue weighted by molar-refractivity contribution is 6.15.